The summed E-state index contributed by atoms with van der Waals surface area (Å²) in [7, 11) is -3.69. The molecule has 1 heterocycles. The minimum absolute atomic E-state index is 0.0654. The molecule has 0 radical (unpaired) electrons. The third kappa shape index (κ3) is 3.81. The molecule has 0 aliphatic carbocycles. The van der Waals surface area contributed by atoms with Gasteiger partial charge in [-0.2, -0.15) is 0 Å². The number of hydrogen-bond acceptors (Lipinski definition) is 4. The Morgan fingerprint density at radius 2 is 1.61 bits per heavy atom. The summed E-state index contributed by atoms with van der Waals surface area (Å²) in [6.07, 6.45) is 0. The first-order valence-electron chi connectivity index (χ1n) is 7.62. The highest BCUT2D eigenvalue weighted by Crippen LogP contribution is 2.47. The standard InChI is InChI=1S/C17H22NO4P/c1-5-21-23(20,22-6-2)17-15(19)11-13(4)18-16(17)14-9-7-12(3)8-10-14/h7-11H,5-6H2,1-4H3,(H,18,19). The van der Waals surface area contributed by atoms with Gasteiger partial charge in [0, 0.05) is 11.8 Å². The van der Waals surface area contributed by atoms with E-state index in [0.717, 1.165) is 11.1 Å². The summed E-state index contributed by atoms with van der Waals surface area (Å²) in [5.74, 6) is 0. The largest absolute Gasteiger partial charge is 0.367 e. The Morgan fingerprint density at radius 3 is 2.13 bits per heavy atom. The number of hydrogen-bond donors (Lipinski definition) is 1. The predicted molar refractivity (Wildman–Crippen MR) is 92.5 cm³/mol. The van der Waals surface area contributed by atoms with Crippen LogP contribution >= 0.6 is 7.60 Å². The molecule has 0 unspecified atom stereocenters. The third-order valence-electron chi connectivity index (χ3n) is 3.35. The number of H-pyrrole nitrogens is 1. The second kappa shape index (κ2) is 7.26. The predicted octanol–water partition coefficient (Wildman–Crippen LogP) is 3.55. The van der Waals surface area contributed by atoms with Gasteiger partial charge in [-0.15, -0.1) is 0 Å². The van der Waals surface area contributed by atoms with E-state index in [1.54, 1.807) is 20.8 Å². The first-order chi connectivity index (χ1) is 10.9. The van der Waals surface area contributed by atoms with E-state index in [2.05, 4.69) is 4.98 Å². The second-order valence-electron chi connectivity index (χ2n) is 5.24. The van der Waals surface area contributed by atoms with E-state index in [1.165, 1.54) is 6.07 Å². The summed E-state index contributed by atoms with van der Waals surface area (Å²) in [6.45, 7) is 7.60. The molecule has 6 heteroatoms. The van der Waals surface area contributed by atoms with E-state index in [-0.39, 0.29) is 23.9 Å². The molecular weight excluding hydrogens is 313 g/mol. The highest BCUT2D eigenvalue weighted by atomic mass is 31.2. The van der Waals surface area contributed by atoms with Crippen LogP contribution in [0.3, 0.4) is 0 Å². The molecule has 23 heavy (non-hydrogen) atoms. The van der Waals surface area contributed by atoms with Crippen molar-refractivity contribution in [2.45, 2.75) is 27.7 Å². The van der Waals surface area contributed by atoms with Gasteiger partial charge in [0.2, 0.25) is 0 Å². The zero-order valence-corrected chi connectivity index (χ0v) is 14.8. The maximum atomic E-state index is 13.1. The first-order valence-corrected chi connectivity index (χ1v) is 9.16. The van der Waals surface area contributed by atoms with E-state index in [0.29, 0.717) is 11.4 Å². The van der Waals surface area contributed by atoms with Crippen molar-refractivity contribution < 1.29 is 13.6 Å². The van der Waals surface area contributed by atoms with Gasteiger partial charge >= 0.3 is 7.60 Å². The van der Waals surface area contributed by atoms with Crippen molar-refractivity contribution in [3.05, 3.63) is 51.8 Å². The summed E-state index contributed by atoms with van der Waals surface area (Å²) in [6, 6.07) is 9.05. The second-order valence-corrected chi connectivity index (χ2v) is 7.20. The lowest BCUT2D eigenvalue weighted by atomic mass is 10.1. The Kier molecular flexibility index (Phi) is 5.58. The van der Waals surface area contributed by atoms with E-state index in [9.17, 15) is 9.36 Å². The molecule has 0 fully saturated rings. The Morgan fingerprint density at radius 1 is 1.04 bits per heavy atom. The smallest absolute Gasteiger partial charge is 0.358 e. The fourth-order valence-electron chi connectivity index (χ4n) is 2.39. The van der Waals surface area contributed by atoms with E-state index < -0.39 is 7.60 Å². The molecule has 0 spiro atoms. The monoisotopic (exact) mass is 335 g/mol. The van der Waals surface area contributed by atoms with Gasteiger partial charge in [-0.05, 0) is 33.3 Å². The summed E-state index contributed by atoms with van der Waals surface area (Å²) >= 11 is 0. The van der Waals surface area contributed by atoms with Crippen LogP contribution in [-0.2, 0) is 13.6 Å². The van der Waals surface area contributed by atoms with Gasteiger partial charge in [0.25, 0.3) is 0 Å². The average Bonchev–Trinajstić information content (AvgIpc) is 2.47. The maximum Gasteiger partial charge on any atom is 0.367 e. The van der Waals surface area contributed by atoms with Gasteiger partial charge < -0.3 is 14.0 Å². The van der Waals surface area contributed by atoms with Crippen LogP contribution in [-0.4, -0.2) is 18.2 Å². The molecule has 0 atom stereocenters. The number of aryl methyl sites for hydroxylation is 2. The number of benzene rings is 1. The van der Waals surface area contributed by atoms with Gasteiger partial charge in [0.15, 0.2) is 5.43 Å². The van der Waals surface area contributed by atoms with Crippen molar-refractivity contribution in [3.63, 3.8) is 0 Å². The summed E-state index contributed by atoms with van der Waals surface area (Å²) in [5.41, 5.74) is 2.70. The number of rotatable bonds is 6. The quantitative estimate of drug-likeness (QED) is 0.820. The summed E-state index contributed by atoms with van der Waals surface area (Å²) in [5, 5.41) is 0.0654. The van der Waals surface area contributed by atoms with Gasteiger partial charge in [-0.25, -0.2) is 0 Å². The van der Waals surface area contributed by atoms with E-state index >= 15 is 0 Å². The fraction of sp³-hybridized carbons (Fsp3) is 0.353. The molecule has 2 rings (SSSR count). The lowest BCUT2D eigenvalue weighted by Crippen LogP contribution is -2.30. The van der Waals surface area contributed by atoms with Gasteiger partial charge in [0.05, 0.1) is 18.9 Å². The van der Waals surface area contributed by atoms with Crippen molar-refractivity contribution in [2.75, 3.05) is 13.2 Å². The number of aromatic nitrogens is 1. The molecule has 1 aromatic heterocycles. The molecule has 0 bridgehead atoms. The number of pyridine rings is 1. The van der Waals surface area contributed by atoms with Crippen molar-refractivity contribution in [1.82, 2.24) is 4.98 Å². The van der Waals surface area contributed by atoms with E-state index in [1.807, 2.05) is 31.2 Å². The third-order valence-corrected chi connectivity index (χ3v) is 5.54. The highest BCUT2D eigenvalue weighted by Gasteiger charge is 2.33. The van der Waals surface area contributed by atoms with Gasteiger partial charge in [-0.1, -0.05) is 29.8 Å². The Hall–Kier alpha value is -1.68. The fourth-order valence-corrected chi connectivity index (χ4v) is 4.19. The normalized spacial score (nSPS) is 11.7. The lowest BCUT2D eigenvalue weighted by molar-refractivity contribution is 0.230. The zero-order chi connectivity index (χ0) is 17.0. The minimum atomic E-state index is -3.69. The van der Waals surface area contributed by atoms with Crippen LogP contribution < -0.4 is 10.7 Å². The van der Waals surface area contributed by atoms with Crippen LogP contribution in [0.1, 0.15) is 25.1 Å². The van der Waals surface area contributed by atoms with Crippen LogP contribution in [0.5, 0.6) is 0 Å². The van der Waals surface area contributed by atoms with E-state index in [4.69, 9.17) is 9.05 Å². The molecule has 0 aliphatic rings. The highest BCUT2D eigenvalue weighted by molar-refractivity contribution is 7.62. The SMILES string of the molecule is CCOP(=O)(OCC)c1c(-c2ccc(C)cc2)[nH]c(C)cc1=O. The molecule has 1 N–H and O–H groups in total. The minimum Gasteiger partial charge on any atom is -0.358 e. The van der Waals surface area contributed by atoms with Crippen LogP contribution in [0.4, 0.5) is 0 Å². The number of nitrogens with one attached hydrogen (secondary N) is 1. The summed E-state index contributed by atoms with van der Waals surface area (Å²) in [4.78, 5) is 15.7. The van der Waals surface area contributed by atoms with Crippen molar-refractivity contribution in [1.29, 1.82) is 0 Å². The Bertz CT molecular complexity index is 770. The molecule has 1 aromatic carbocycles. The van der Waals surface area contributed by atoms with Crippen LogP contribution in [0.25, 0.3) is 11.3 Å². The Labute approximate surface area is 136 Å². The van der Waals surface area contributed by atoms with Crippen molar-refractivity contribution in [2.24, 2.45) is 0 Å². The topological polar surface area (TPSA) is 68.4 Å². The van der Waals surface area contributed by atoms with Crippen LogP contribution in [0, 0.1) is 13.8 Å². The average molecular weight is 335 g/mol. The molecule has 0 saturated heterocycles. The van der Waals surface area contributed by atoms with Crippen molar-refractivity contribution in [3.8, 4) is 11.3 Å². The van der Waals surface area contributed by atoms with Crippen molar-refractivity contribution >= 4 is 12.9 Å². The number of aromatic amines is 1. The van der Waals surface area contributed by atoms with Crippen LogP contribution in [0.2, 0.25) is 0 Å². The zero-order valence-electron chi connectivity index (χ0n) is 13.9. The molecule has 0 saturated carbocycles. The van der Waals surface area contributed by atoms with Crippen LogP contribution in [0.15, 0.2) is 35.1 Å². The van der Waals surface area contributed by atoms with Gasteiger partial charge in [0.1, 0.15) is 5.30 Å². The lowest BCUT2D eigenvalue weighted by Gasteiger charge is -2.20. The van der Waals surface area contributed by atoms with Gasteiger partial charge in [-0.3, -0.25) is 9.36 Å². The molecule has 0 aliphatic heterocycles. The molecule has 124 valence electrons. The first kappa shape index (κ1) is 17.7. The molecular formula is C17H22NO4P. The molecule has 5 nitrogen and oxygen atoms in total. The maximum absolute atomic E-state index is 13.1. The summed E-state index contributed by atoms with van der Waals surface area (Å²) < 4.78 is 23.9. The molecule has 2 aromatic rings. The molecule has 0 amide bonds. The Balaban J connectivity index is 2.74.